The number of ketones is 1. The maximum absolute atomic E-state index is 12.8. The van der Waals surface area contributed by atoms with Crippen LogP contribution in [0.5, 0.6) is 5.75 Å². The summed E-state index contributed by atoms with van der Waals surface area (Å²) < 4.78 is 10.7. The molecule has 0 atom stereocenters. The zero-order chi connectivity index (χ0) is 20.9. The molecule has 0 saturated heterocycles. The number of carbonyl (C=O) groups is 2. The van der Waals surface area contributed by atoms with Crippen LogP contribution in [0.2, 0.25) is 5.02 Å². The Morgan fingerprint density at radius 2 is 1.61 bits per heavy atom. The molecule has 28 heavy (non-hydrogen) atoms. The standard InChI is InChI=1S/C23H27ClO4/c1-15-13-19(28-12-6-11-23(3,4)22(26)27-5)14-16(2)20(15)21(25)17-7-9-18(24)10-8-17/h7-10,13-14H,6,11-12H2,1-5H3. The van der Waals surface area contributed by atoms with Gasteiger partial charge < -0.3 is 9.47 Å². The first-order chi connectivity index (χ1) is 13.2. The van der Waals surface area contributed by atoms with Gasteiger partial charge >= 0.3 is 5.97 Å². The molecular weight excluding hydrogens is 376 g/mol. The predicted octanol–water partition coefficient (Wildman–Crippen LogP) is 5.55. The fourth-order valence-corrected chi connectivity index (χ4v) is 3.32. The fraction of sp³-hybridized carbons (Fsp3) is 0.391. The first-order valence-electron chi connectivity index (χ1n) is 9.28. The quantitative estimate of drug-likeness (QED) is 0.330. The molecule has 2 aromatic carbocycles. The number of esters is 1. The Labute approximate surface area is 171 Å². The van der Waals surface area contributed by atoms with Gasteiger partial charge in [0.15, 0.2) is 5.78 Å². The van der Waals surface area contributed by atoms with Gasteiger partial charge in [0.05, 0.1) is 19.1 Å². The van der Waals surface area contributed by atoms with Gasteiger partial charge in [-0.25, -0.2) is 0 Å². The monoisotopic (exact) mass is 402 g/mol. The molecule has 0 N–H and O–H groups in total. The second kappa shape index (κ2) is 9.24. The minimum absolute atomic E-state index is 0.0296. The van der Waals surface area contributed by atoms with E-state index in [2.05, 4.69) is 0 Å². The van der Waals surface area contributed by atoms with Crippen molar-refractivity contribution in [3.63, 3.8) is 0 Å². The van der Waals surface area contributed by atoms with E-state index in [0.29, 0.717) is 29.2 Å². The predicted molar refractivity (Wildman–Crippen MR) is 111 cm³/mol. The summed E-state index contributed by atoms with van der Waals surface area (Å²) in [7, 11) is 1.40. The highest BCUT2D eigenvalue weighted by atomic mass is 35.5. The average molecular weight is 403 g/mol. The smallest absolute Gasteiger partial charge is 0.311 e. The number of benzene rings is 2. The Morgan fingerprint density at radius 1 is 1.04 bits per heavy atom. The van der Waals surface area contributed by atoms with Gasteiger partial charge in [-0.1, -0.05) is 11.6 Å². The van der Waals surface area contributed by atoms with Crippen LogP contribution >= 0.6 is 11.6 Å². The van der Waals surface area contributed by atoms with Crippen LogP contribution in [0, 0.1) is 19.3 Å². The minimum atomic E-state index is -0.529. The van der Waals surface area contributed by atoms with Crippen LogP contribution in [0.15, 0.2) is 36.4 Å². The average Bonchev–Trinajstić information content (AvgIpc) is 2.64. The van der Waals surface area contributed by atoms with E-state index in [-0.39, 0.29) is 11.8 Å². The van der Waals surface area contributed by atoms with E-state index >= 15 is 0 Å². The van der Waals surface area contributed by atoms with Crippen LogP contribution < -0.4 is 4.74 Å². The molecule has 0 aromatic heterocycles. The van der Waals surface area contributed by atoms with Crippen molar-refractivity contribution in [3.05, 3.63) is 63.7 Å². The summed E-state index contributed by atoms with van der Waals surface area (Å²) in [6, 6.07) is 10.6. The van der Waals surface area contributed by atoms with Gasteiger partial charge in [-0.15, -0.1) is 0 Å². The third kappa shape index (κ3) is 5.35. The maximum Gasteiger partial charge on any atom is 0.311 e. The van der Waals surface area contributed by atoms with Gasteiger partial charge in [0.1, 0.15) is 5.75 Å². The molecule has 0 aliphatic heterocycles. The van der Waals surface area contributed by atoms with Gasteiger partial charge in [-0.3, -0.25) is 9.59 Å². The molecule has 150 valence electrons. The van der Waals surface area contributed by atoms with Crippen molar-refractivity contribution in [2.75, 3.05) is 13.7 Å². The minimum Gasteiger partial charge on any atom is -0.494 e. The summed E-state index contributed by atoms with van der Waals surface area (Å²) in [6.07, 6.45) is 1.40. The fourth-order valence-electron chi connectivity index (χ4n) is 3.19. The molecule has 5 heteroatoms. The summed E-state index contributed by atoms with van der Waals surface area (Å²) in [4.78, 5) is 24.6. The highest BCUT2D eigenvalue weighted by molar-refractivity contribution is 6.30. The molecule has 0 heterocycles. The van der Waals surface area contributed by atoms with Gasteiger partial charge in [0.25, 0.3) is 0 Å². The van der Waals surface area contributed by atoms with Gasteiger partial charge in [-0.2, -0.15) is 0 Å². The molecule has 0 radical (unpaired) electrons. The number of carbonyl (C=O) groups excluding carboxylic acids is 2. The van der Waals surface area contributed by atoms with E-state index in [9.17, 15) is 9.59 Å². The van der Waals surface area contributed by atoms with Crippen molar-refractivity contribution in [2.24, 2.45) is 5.41 Å². The third-order valence-corrected chi connectivity index (χ3v) is 5.04. The zero-order valence-electron chi connectivity index (χ0n) is 17.1. The largest absolute Gasteiger partial charge is 0.494 e. The first-order valence-corrected chi connectivity index (χ1v) is 9.66. The maximum atomic E-state index is 12.8. The number of hydrogen-bond donors (Lipinski definition) is 0. The molecule has 2 rings (SSSR count). The Balaban J connectivity index is 2.04. The van der Waals surface area contributed by atoms with E-state index < -0.39 is 5.41 Å². The summed E-state index contributed by atoms with van der Waals surface area (Å²) in [6.45, 7) is 8.03. The van der Waals surface area contributed by atoms with Crippen LogP contribution in [-0.2, 0) is 9.53 Å². The summed E-state index contributed by atoms with van der Waals surface area (Å²) in [5.74, 6) is 0.473. The summed E-state index contributed by atoms with van der Waals surface area (Å²) >= 11 is 5.91. The van der Waals surface area contributed by atoms with E-state index in [4.69, 9.17) is 21.1 Å². The Bertz CT molecular complexity index is 830. The number of aryl methyl sites for hydroxylation is 2. The Morgan fingerprint density at radius 3 is 2.14 bits per heavy atom. The molecule has 0 amide bonds. The normalized spacial score (nSPS) is 11.2. The van der Waals surface area contributed by atoms with Crippen LogP contribution in [0.4, 0.5) is 0 Å². The van der Waals surface area contributed by atoms with Crippen LogP contribution in [-0.4, -0.2) is 25.5 Å². The lowest BCUT2D eigenvalue weighted by Crippen LogP contribution is -2.26. The van der Waals surface area contributed by atoms with Crippen molar-refractivity contribution in [2.45, 2.75) is 40.5 Å². The number of methoxy groups -OCH3 is 1. The molecule has 0 aliphatic carbocycles. The molecular formula is C23H27ClO4. The van der Waals surface area contributed by atoms with Crippen molar-refractivity contribution < 1.29 is 19.1 Å². The highest BCUT2D eigenvalue weighted by Gasteiger charge is 2.27. The van der Waals surface area contributed by atoms with Crippen molar-refractivity contribution in [1.29, 1.82) is 0 Å². The van der Waals surface area contributed by atoms with Gasteiger partial charge in [0, 0.05) is 16.1 Å². The first kappa shape index (κ1) is 22.0. The van der Waals surface area contributed by atoms with Crippen LogP contribution in [0.25, 0.3) is 0 Å². The second-order valence-electron chi connectivity index (χ2n) is 7.60. The number of ether oxygens (including phenoxy) is 2. The lowest BCUT2D eigenvalue weighted by Gasteiger charge is -2.21. The van der Waals surface area contributed by atoms with Crippen molar-refractivity contribution >= 4 is 23.4 Å². The lowest BCUT2D eigenvalue weighted by molar-refractivity contribution is -0.151. The highest BCUT2D eigenvalue weighted by Crippen LogP contribution is 2.27. The van der Waals surface area contributed by atoms with E-state index in [1.165, 1.54) is 7.11 Å². The second-order valence-corrected chi connectivity index (χ2v) is 8.03. The molecule has 0 bridgehead atoms. The van der Waals surface area contributed by atoms with Crippen molar-refractivity contribution in [3.8, 4) is 5.75 Å². The summed E-state index contributed by atoms with van der Waals surface area (Å²) in [5.41, 5.74) is 2.49. The number of rotatable bonds is 8. The van der Waals surface area contributed by atoms with Crippen molar-refractivity contribution in [1.82, 2.24) is 0 Å². The molecule has 0 spiro atoms. The Kier molecular flexibility index (Phi) is 7.25. The SMILES string of the molecule is COC(=O)C(C)(C)CCCOc1cc(C)c(C(=O)c2ccc(Cl)cc2)c(C)c1. The third-order valence-electron chi connectivity index (χ3n) is 4.79. The Hall–Kier alpha value is -2.33. The van der Waals surface area contributed by atoms with Crippen LogP contribution in [0.3, 0.4) is 0 Å². The summed E-state index contributed by atoms with van der Waals surface area (Å²) in [5, 5.41) is 0.601. The molecule has 0 aliphatic rings. The lowest BCUT2D eigenvalue weighted by atomic mass is 9.88. The number of halogens is 1. The van der Waals surface area contributed by atoms with Crippen LogP contribution in [0.1, 0.15) is 53.7 Å². The molecule has 4 nitrogen and oxygen atoms in total. The van der Waals surface area contributed by atoms with Gasteiger partial charge in [-0.05, 0) is 88.1 Å². The molecule has 0 fully saturated rings. The zero-order valence-corrected chi connectivity index (χ0v) is 17.9. The van der Waals surface area contributed by atoms with E-state index in [0.717, 1.165) is 23.3 Å². The van der Waals surface area contributed by atoms with E-state index in [1.54, 1.807) is 24.3 Å². The number of hydrogen-bond acceptors (Lipinski definition) is 4. The topological polar surface area (TPSA) is 52.6 Å². The molecule has 2 aromatic rings. The van der Waals surface area contributed by atoms with Gasteiger partial charge in [0.2, 0.25) is 0 Å². The van der Waals surface area contributed by atoms with E-state index in [1.807, 2.05) is 39.8 Å². The molecule has 0 saturated carbocycles. The molecule has 0 unspecified atom stereocenters.